The molecule has 0 spiro atoms. The molecule has 1 N–H and O–H groups in total. The number of hydrogen-bond donors (Lipinski definition) is 1. The molecule has 0 amide bonds. The summed E-state index contributed by atoms with van der Waals surface area (Å²) in [6, 6.07) is 1.95. The van der Waals surface area contributed by atoms with Crippen LogP contribution in [0.15, 0.2) is 11.4 Å². The maximum absolute atomic E-state index is 8.67. The quantitative estimate of drug-likeness (QED) is 0.636. The largest absolute Gasteiger partial charge is 0.384 e. The molecule has 0 saturated heterocycles. The van der Waals surface area contributed by atoms with Gasteiger partial charge in [-0.05, 0) is 31.7 Å². The van der Waals surface area contributed by atoms with Gasteiger partial charge < -0.3 is 14.6 Å². The molecular weight excluding hydrogens is 248 g/mol. The Bertz CT molecular complexity index is 412. The first-order valence-corrected chi connectivity index (χ1v) is 6.76. The third kappa shape index (κ3) is 5.19. The molecule has 0 atom stereocenters. The molecule has 0 radical (unpaired) electrons. The summed E-state index contributed by atoms with van der Waals surface area (Å²) in [7, 11) is 1.71. The Labute approximate surface area is 113 Å². The summed E-state index contributed by atoms with van der Waals surface area (Å²) in [4.78, 5) is 1.10. The molecule has 0 fully saturated rings. The molecule has 1 aromatic rings. The monoisotopic (exact) mass is 268 g/mol. The number of aliphatic hydroxyl groups is 1. The third-order valence-corrected chi connectivity index (χ3v) is 3.58. The van der Waals surface area contributed by atoms with Gasteiger partial charge in [0, 0.05) is 24.2 Å². The highest BCUT2D eigenvalue weighted by Gasteiger charge is 2.15. The molecule has 0 aliphatic heterocycles. The highest BCUT2D eigenvalue weighted by molar-refractivity contribution is 7.10. The van der Waals surface area contributed by atoms with E-state index in [1.54, 1.807) is 18.4 Å². The van der Waals surface area contributed by atoms with Gasteiger partial charge in [-0.1, -0.05) is 11.8 Å². The van der Waals surface area contributed by atoms with Crippen LogP contribution in [0.4, 0.5) is 0 Å². The van der Waals surface area contributed by atoms with Crippen LogP contribution in [-0.2, 0) is 16.1 Å². The van der Waals surface area contributed by atoms with Crippen LogP contribution in [0.1, 0.15) is 30.7 Å². The molecule has 0 saturated carbocycles. The first-order valence-electron chi connectivity index (χ1n) is 5.88. The fourth-order valence-corrected chi connectivity index (χ4v) is 2.05. The van der Waals surface area contributed by atoms with Gasteiger partial charge in [0.25, 0.3) is 0 Å². The number of thiophene rings is 1. The summed E-state index contributed by atoms with van der Waals surface area (Å²) >= 11 is 1.62. The molecule has 0 aromatic carbocycles. The Morgan fingerprint density at radius 1 is 1.44 bits per heavy atom. The summed E-state index contributed by atoms with van der Waals surface area (Å²) in [6.45, 7) is 5.19. The fraction of sp³-hybridized carbons (Fsp3) is 0.571. The van der Waals surface area contributed by atoms with Gasteiger partial charge in [0.05, 0.1) is 12.2 Å². The van der Waals surface area contributed by atoms with Gasteiger partial charge in [0.15, 0.2) is 0 Å². The minimum Gasteiger partial charge on any atom is -0.384 e. The number of rotatable bonds is 6. The van der Waals surface area contributed by atoms with Crippen molar-refractivity contribution in [3.63, 3.8) is 0 Å². The average Bonchev–Trinajstić information content (AvgIpc) is 2.79. The first-order chi connectivity index (χ1) is 8.59. The lowest BCUT2D eigenvalue weighted by Crippen LogP contribution is -2.24. The van der Waals surface area contributed by atoms with Gasteiger partial charge in [-0.25, -0.2) is 0 Å². The highest BCUT2D eigenvalue weighted by atomic mass is 32.1. The smallest absolute Gasteiger partial charge is 0.104 e. The summed E-state index contributed by atoms with van der Waals surface area (Å²) in [6.07, 6.45) is 0.854. The van der Waals surface area contributed by atoms with Crippen molar-refractivity contribution < 1.29 is 14.6 Å². The van der Waals surface area contributed by atoms with Gasteiger partial charge in [-0.3, -0.25) is 0 Å². The number of methoxy groups -OCH3 is 1. The molecule has 0 unspecified atom stereocenters. The molecule has 100 valence electrons. The summed E-state index contributed by atoms with van der Waals surface area (Å²) in [5.41, 5.74) is 0.801. The van der Waals surface area contributed by atoms with Gasteiger partial charge >= 0.3 is 0 Å². The van der Waals surface area contributed by atoms with E-state index in [1.807, 2.05) is 25.3 Å². The summed E-state index contributed by atoms with van der Waals surface area (Å²) in [5.74, 6) is 5.57. The Morgan fingerprint density at radius 2 is 2.22 bits per heavy atom. The van der Waals surface area contributed by atoms with E-state index in [2.05, 4.69) is 11.8 Å². The van der Waals surface area contributed by atoms with Gasteiger partial charge in [0.2, 0.25) is 0 Å². The van der Waals surface area contributed by atoms with Gasteiger partial charge in [0.1, 0.15) is 6.61 Å². The average molecular weight is 268 g/mol. The first kappa shape index (κ1) is 15.2. The molecule has 3 nitrogen and oxygen atoms in total. The van der Waals surface area contributed by atoms with E-state index in [9.17, 15) is 0 Å². The van der Waals surface area contributed by atoms with Crippen molar-refractivity contribution in [2.75, 3.05) is 20.3 Å². The van der Waals surface area contributed by atoms with E-state index < -0.39 is 0 Å². The molecule has 0 aliphatic rings. The zero-order chi connectivity index (χ0) is 13.4. The number of ether oxygens (including phenoxy) is 2. The molecule has 1 aromatic heterocycles. The van der Waals surface area contributed by atoms with Crippen LogP contribution in [0, 0.1) is 11.8 Å². The fourth-order valence-electron chi connectivity index (χ4n) is 1.28. The number of aliphatic hydroxyl groups excluding tert-OH is 1. The molecule has 0 bridgehead atoms. The van der Waals surface area contributed by atoms with Crippen molar-refractivity contribution in [1.29, 1.82) is 0 Å². The van der Waals surface area contributed by atoms with E-state index in [0.717, 1.165) is 16.9 Å². The van der Waals surface area contributed by atoms with Gasteiger partial charge in [-0.2, -0.15) is 0 Å². The lowest BCUT2D eigenvalue weighted by atomic mass is 10.1. The Hall–Kier alpha value is -0.860. The van der Waals surface area contributed by atoms with Crippen LogP contribution in [0.25, 0.3) is 0 Å². The van der Waals surface area contributed by atoms with Crippen molar-refractivity contribution in [3.8, 4) is 11.8 Å². The Morgan fingerprint density at radius 3 is 2.89 bits per heavy atom. The molecule has 18 heavy (non-hydrogen) atoms. The van der Waals surface area contributed by atoms with E-state index in [-0.39, 0.29) is 12.2 Å². The SMILES string of the molecule is COC(C)(C)CCOCc1sccc1C#CCO. The second kappa shape index (κ2) is 7.55. The van der Waals surface area contributed by atoms with Crippen molar-refractivity contribution in [1.82, 2.24) is 0 Å². The zero-order valence-electron chi connectivity index (χ0n) is 11.2. The van der Waals surface area contributed by atoms with Crippen LogP contribution in [0.3, 0.4) is 0 Å². The predicted molar refractivity (Wildman–Crippen MR) is 73.6 cm³/mol. The standard InChI is InChI=1S/C14H20O3S/c1-14(2,16-3)7-9-17-11-13-12(5-4-8-15)6-10-18-13/h6,10,15H,7-9,11H2,1-3H3. The van der Waals surface area contributed by atoms with Crippen molar-refractivity contribution in [3.05, 3.63) is 21.9 Å². The maximum atomic E-state index is 8.67. The van der Waals surface area contributed by atoms with E-state index in [4.69, 9.17) is 14.6 Å². The van der Waals surface area contributed by atoms with Crippen LogP contribution in [0.5, 0.6) is 0 Å². The topological polar surface area (TPSA) is 38.7 Å². The lowest BCUT2D eigenvalue weighted by molar-refractivity contribution is -0.0121. The minimum atomic E-state index is -0.144. The predicted octanol–water partition coefficient (Wildman–Crippen LogP) is 2.42. The normalized spacial score (nSPS) is 11.1. The lowest BCUT2D eigenvalue weighted by Gasteiger charge is -2.22. The third-order valence-electron chi connectivity index (χ3n) is 2.68. The second-order valence-corrected chi connectivity index (χ2v) is 5.48. The minimum absolute atomic E-state index is 0.113. The second-order valence-electron chi connectivity index (χ2n) is 4.48. The van der Waals surface area contributed by atoms with E-state index in [0.29, 0.717) is 13.2 Å². The molecule has 4 heteroatoms. The Kier molecular flexibility index (Phi) is 6.37. The highest BCUT2D eigenvalue weighted by Crippen LogP contribution is 2.18. The van der Waals surface area contributed by atoms with E-state index in [1.165, 1.54) is 0 Å². The van der Waals surface area contributed by atoms with E-state index >= 15 is 0 Å². The van der Waals surface area contributed by atoms with Crippen molar-refractivity contribution >= 4 is 11.3 Å². The van der Waals surface area contributed by atoms with Crippen LogP contribution >= 0.6 is 11.3 Å². The van der Waals surface area contributed by atoms with Gasteiger partial charge in [-0.15, -0.1) is 11.3 Å². The van der Waals surface area contributed by atoms with Crippen LogP contribution in [0.2, 0.25) is 0 Å². The summed E-state index contributed by atoms with van der Waals surface area (Å²) < 4.78 is 11.0. The molecule has 1 heterocycles. The molecule has 0 aliphatic carbocycles. The van der Waals surface area contributed by atoms with Crippen LogP contribution < -0.4 is 0 Å². The number of hydrogen-bond acceptors (Lipinski definition) is 4. The molecule has 1 rings (SSSR count). The molecular formula is C14H20O3S. The van der Waals surface area contributed by atoms with Crippen molar-refractivity contribution in [2.45, 2.75) is 32.5 Å². The Balaban J connectivity index is 2.38. The van der Waals surface area contributed by atoms with Crippen LogP contribution in [-0.4, -0.2) is 31.0 Å². The van der Waals surface area contributed by atoms with Crippen molar-refractivity contribution in [2.24, 2.45) is 0 Å². The maximum Gasteiger partial charge on any atom is 0.104 e. The summed E-state index contributed by atoms with van der Waals surface area (Å²) in [5, 5.41) is 10.7. The zero-order valence-corrected chi connectivity index (χ0v) is 12.0.